The topological polar surface area (TPSA) is 80.1 Å². The van der Waals surface area contributed by atoms with Crippen molar-refractivity contribution < 1.29 is 27.4 Å². The zero-order valence-corrected chi connectivity index (χ0v) is 27.8. The summed E-state index contributed by atoms with van der Waals surface area (Å²) in [5.41, 5.74) is 6.70. The van der Waals surface area contributed by atoms with Crippen molar-refractivity contribution >= 4 is 5.91 Å². The summed E-state index contributed by atoms with van der Waals surface area (Å²) >= 11 is 0. The standard InChI is InChI=1S/C35H42F3N5O4/c1-21-22(2)32(44)40(4)18-27(21)25-15-29(46-5)28(30(16-25)47-6)19-41-13-14-42(34(20-41)10-11-34)17-26-8-7-24-9-12-43(23(3)31(24)39-26)33(45)35(36,37)38/h7-8,15-16,18,23H,9-14,17,19-20H2,1-6H3. The van der Waals surface area contributed by atoms with Crippen LogP contribution in [0.3, 0.4) is 0 Å². The highest BCUT2D eigenvalue weighted by Crippen LogP contribution is 2.46. The molecule has 2 fully saturated rings. The predicted octanol–water partition coefficient (Wildman–Crippen LogP) is 4.94. The van der Waals surface area contributed by atoms with Gasteiger partial charge in [-0.25, -0.2) is 0 Å². The average Bonchev–Trinajstić information content (AvgIpc) is 3.82. The van der Waals surface area contributed by atoms with E-state index in [1.54, 1.807) is 32.8 Å². The Hall–Kier alpha value is -3.90. The molecule has 1 aromatic carbocycles. The summed E-state index contributed by atoms with van der Waals surface area (Å²) in [6.07, 6.45) is -0.590. The maximum absolute atomic E-state index is 13.2. The van der Waals surface area contributed by atoms with Crippen molar-refractivity contribution in [3.8, 4) is 22.6 Å². The number of ether oxygens (including phenoxy) is 2. The lowest BCUT2D eigenvalue weighted by Crippen LogP contribution is -2.54. The van der Waals surface area contributed by atoms with Gasteiger partial charge in [0, 0.05) is 69.2 Å². The number of piperazine rings is 1. The molecule has 1 saturated heterocycles. The SMILES string of the molecule is COc1cc(-c2cn(C)c(=O)c(C)c2C)cc(OC)c1CN1CCN(Cc2ccc3c(n2)C(C)N(C(=O)C(F)(F)F)CC3)C2(CC2)C1. The normalized spacial score (nSPS) is 19.5. The molecule has 12 heteroatoms. The summed E-state index contributed by atoms with van der Waals surface area (Å²) in [5.74, 6) is -0.359. The number of aromatic nitrogens is 2. The Morgan fingerprint density at radius 2 is 1.70 bits per heavy atom. The number of carbonyl (C=O) groups excluding carboxylic acids is 1. The number of amides is 1. The van der Waals surface area contributed by atoms with Crippen LogP contribution >= 0.6 is 0 Å². The van der Waals surface area contributed by atoms with E-state index in [0.717, 1.165) is 82.4 Å². The van der Waals surface area contributed by atoms with Gasteiger partial charge in [-0.05, 0) is 74.9 Å². The van der Waals surface area contributed by atoms with E-state index in [4.69, 9.17) is 14.5 Å². The fourth-order valence-electron chi connectivity index (χ4n) is 7.31. The second-order valence-electron chi connectivity index (χ2n) is 13.2. The van der Waals surface area contributed by atoms with Gasteiger partial charge in [0.2, 0.25) is 0 Å². The molecule has 3 aliphatic rings. The molecule has 6 rings (SSSR count). The number of halogens is 3. The molecule has 2 aromatic heterocycles. The minimum atomic E-state index is -4.90. The lowest BCUT2D eigenvalue weighted by molar-refractivity contribution is -0.188. The second-order valence-corrected chi connectivity index (χ2v) is 13.2. The van der Waals surface area contributed by atoms with Crippen LogP contribution in [0, 0.1) is 13.8 Å². The molecule has 1 unspecified atom stereocenters. The van der Waals surface area contributed by atoms with Gasteiger partial charge in [0.15, 0.2) is 0 Å². The third-order valence-electron chi connectivity index (χ3n) is 10.3. The van der Waals surface area contributed by atoms with Crippen LogP contribution in [0.1, 0.15) is 59.4 Å². The Labute approximate surface area is 272 Å². The molecule has 0 N–H and O–H groups in total. The molecule has 3 aromatic rings. The van der Waals surface area contributed by atoms with Gasteiger partial charge >= 0.3 is 12.1 Å². The number of hydrogen-bond acceptors (Lipinski definition) is 7. The van der Waals surface area contributed by atoms with Crippen molar-refractivity contribution in [1.29, 1.82) is 0 Å². The van der Waals surface area contributed by atoms with Gasteiger partial charge < -0.3 is 18.9 Å². The van der Waals surface area contributed by atoms with Crippen LogP contribution in [0.15, 0.2) is 35.3 Å². The molecule has 1 atom stereocenters. The van der Waals surface area contributed by atoms with E-state index < -0.39 is 18.1 Å². The van der Waals surface area contributed by atoms with Gasteiger partial charge in [0.05, 0.1) is 37.2 Å². The molecule has 1 aliphatic carbocycles. The molecule has 1 saturated carbocycles. The molecule has 1 spiro atoms. The van der Waals surface area contributed by atoms with E-state index >= 15 is 0 Å². The predicted molar refractivity (Wildman–Crippen MR) is 171 cm³/mol. The number of carbonyl (C=O) groups is 1. The second kappa shape index (κ2) is 12.3. The van der Waals surface area contributed by atoms with Crippen LogP contribution in [0.25, 0.3) is 11.1 Å². The quantitative estimate of drug-likeness (QED) is 0.358. The van der Waals surface area contributed by atoms with Crippen molar-refractivity contribution in [1.82, 2.24) is 24.3 Å². The van der Waals surface area contributed by atoms with Crippen LogP contribution in [0.2, 0.25) is 0 Å². The number of rotatable bonds is 7. The van der Waals surface area contributed by atoms with E-state index in [0.29, 0.717) is 30.8 Å². The Kier molecular flexibility index (Phi) is 8.63. The molecule has 252 valence electrons. The minimum Gasteiger partial charge on any atom is -0.496 e. The number of hydrogen-bond donors (Lipinski definition) is 0. The fourth-order valence-corrected chi connectivity index (χ4v) is 7.31. The van der Waals surface area contributed by atoms with Crippen molar-refractivity contribution in [3.63, 3.8) is 0 Å². The number of alkyl halides is 3. The molecular weight excluding hydrogens is 611 g/mol. The van der Waals surface area contributed by atoms with E-state index in [1.807, 2.05) is 44.3 Å². The molecule has 9 nitrogen and oxygen atoms in total. The summed E-state index contributed by atoms with van der Waals surface area (Å²) in [4.78, 5) is 35.1. The van der Waals surface area contributed by atoms with Gasteiger partial charge in [-0.15, -0.1) is 0 Å². The van der Waals surface area contributed by atoms with Crippen molar-refractivity contribution in [2.24, 2.45) is 7.05 Å². The summed E-state index contributed by atoms with van der Waals surface area (Å²) in [7, 11) is 5.07. The molecule has 4 heterocycles. The maximum atomic E-state index is 13.2. The molecule has 0 bridgehead atoms. The highest BCUT2D eigenvalue weighted by molar-refractivity contribution is 5.82. The number of nitrogens with zero attached hydrogens (tertiary/aromatic N) is 5. The number of aryl methyl sites for hydroxylation is 1. The van der Waals surface area contributed by atoms with E-state index in [-0.39, 0.29) is 17.6 Å². The maximum Gasteiger partial charge on any atom is 0.471 e. The van der Waals surface area contributed by atoms with Crippen molar-refractivity contribution in [2.45, 2.75) is 70.9 Å². The third-order valence-corrected chi connectivity index (χ3v) is 10.3. The first kappa shape index (κ1) is 33.0. The van der Waals surface area contributed by atoms with Crippen LogP contribution in [0.4, 0.5) is 13.2 Å². The average molecular weight is 654 g/mol. The monoisotopic (exact) mass is 653 g/mol. The lowest BCUT2D eigenvalue weighted by Gasteiger charge is -2.42. The Morgan fingerprint density at radius 1 is 1.02 bits per heavy atom. The first-order chi connectivity index (χ1) is 22.3. The lowest BCUT2D eigenvalue weighted by atomic mass is 9.97. The van der Waals surface area contributed by atoms with Gasteiger partial charge in [-0.1, -0.05) is 6.07 Å². The first-order valence-corrected chi connectivity index (χ1v) is 16.0. The highest BCUT2D eigenvalue weighted by Gasteiger charge is 2.51. The zero-order chi connectivity index (χ0) is 33.8. The zero-order valence-electron chi connectivity index (χ0n) is 27.8. The number of fused-ring (bicyclic) bond motifs is 1. The molecule has 1 amide bonds. The highest BCUT2D eigenvalue weighted by atomic mass is 19.4. The largest absolute Gasteiger partial charge is 0.496 e. The van der Waals surface area contributed by atoms with E-state index in [2.05, 4.69) is 9.80 Å². The minimum absolute atomic E-state index is 0.00358. The molecular formula is C35H42F3N5O4. The summed E-state index contributed by atoms with van der Waals surface area (Å²) in [5, 5.41) is 0. The smallest absolute Gasteiger partial charge is 0.471 e. The van der Waals surface area contributed by atoms with Crippen molar-refractivity contribution in [2.75, 3.05) is 40.4 Å². The number of pyridine rings is 2. The van der Waals surface area contributed by atoms with Gasteiger partial charge in [0.25, 0.3) is 5.56 Å². The summed E-state index contributed by atoms with van der Waals surface area (Å²) < 4.78 is 53.0. The first-order valence-electron chi connectivity index (χ1n) is 16.0. The van der Waals surface area contributed by atoms with Gasteiger partial charge in [-0.3, -0.25) is 24.4 Å². The summed E-state index contributed by atoms with van der Waals surface area (Å²) in [6, 6.07) is 7.22. The molecule has 47 heavy (non-hydrogen) atoms. The Morgan fingerprint density at radius 3 is 2.32 bits per heavy atom. The van der Waals surface area contributed by atoms with Crippen LogP contribution in [-0.4, -0.2) is 82.3 Å². The van der Waals surface area contributed by atoms with Crippen LogP contribution in [0.5, 0.6) is 11.5 Å². The van der Waals surface area contributed by atoms with E-state index in [9.17, 15) is 22.8 Å². The molecule has 0 radical (unpaired) electrons. The van der Waals surface area contributed by atoms with Gasteiger partial charge in [0.1, 0.15) is 11.5 Å². The third kappa shape index (κ3) is 6.13. The number of methoxy groups -OCH3 is 2. The van der Waals surface area contributed by atoms with E-state index in [1.165, 1.54) is 0 Å². The Balaban J connectivity index is 1.18. The molecule has 2 aliphatic heterocycles. The van der Waals surface area contributed by atoms with Crippen LogP contribution < -0.4 is 15.0 Å². The van der Waals surface area contributed by atoms with Gasteiger partial charge in [-0.2, -0.15) is 13.2 Å². The number of benzene rings is 1. The Bertz CT molecular complexity index is 1740. The van der Waals surface area contributed by atoms with Crippen LogP contribution in [-0.2, 0) is 31.4 Å². The fraction of sp³-hybridized carbons (Fsp3) is 0.514. The summed E-state index contributed by atoms with van der Waals surface area (Å²) in [6.45, 7) is 9.17. The van der Waals surface area contributed by atoms with Crippen molar-refractivity contribution in [3.05, 3.63) is 74.5 Å².